The van der Waals surface area contributed by atoms with Crippen LogP contribution in [0.4, 0.5) is 5.69 Å². The predicted octanol–water partition coefficient (Wildman–Crippen LogP) is 3.41. The molecule has 2 aliphatic heterocycles. The lowest BCUT2D eigenvalue weighted by Gasteiger charge is -2.24. The van der Waals surface area contributed by atoms with E-state index < -0.39 is 27.9 Å². The molecule has 0 spiro atoms. The van der Waals surface area contributed by atoms with Crippen molar-refractivity contribution in [2.45, 2.75) is 31.7 Å². The number of aliphatic carboxylic acids is 1. The third-order valence-corrected chi connectivity index (χ3v) is 8.26. The molecule has 8 nitrogen and oxygen atoms in total. The molecule has 10 heteroatoms. The molecule has 36 heavy (non-hydrogen) atoms. The van der Waals surface area contributed by atoms with Gasteiger partial charge >= 0.3 is 5.97 Å². The van der Waals surface area contributed by atoms with Crippen molar-refractivity contribution in [1.29, 1.82) is 0 Å². The number of carboxylic acid groups (broad SMARTS) is 1. The zero-order valence-electron chi connectivity index (χ0n) is 20.1. The van der Waals surface area contributed by atoms with Crippen LogP contribution in [0, 0.1) is 0 Å². The smallest absolute Gasteiger partial charge is 0.326 e. The van der Waals surface area contributed by atoms with E-state index in [4.69, 9.17) is 11.6 Å². The first kappa shape index (κ1) is 26.2. The summed E-state index contributed by atoms with van der Waals surface area (Å²) in [5.41, 5.74) is 3.98. The van der Waals surface area contributed by atoms with Crippen LogP contribution < -0.4 is 10.2 Å². The van der Waals surface area contributed by atoms with Gasteiger partial charge in [-0.15, -0.1) is 0 Å². The van der Waals surface area contributed by atoms with Crippen LogP contribution in [-0.4, -0.2) is 68.2 Å². The lowest BCUT2D eigenvalue weighted by molar-refractivity contribution is -0.139. The summed E-state index contributed by atoms with van der Waals surface area (Å²) in [4.78, 5) is 26.9. The predicted molar refractivity (Wildman–Crippen MR) is 141 cm³/mol. The van der Waals surface area contributed by atoms with Gasteiger partial charge < -0.3 is 15.3 Å². The number of anilines is 1. The van der Waals surface area contributed by atoms with Gasteiger partial charge in [0.15, 0.2) is 0 Å². The second-order valence-corrected chi connectivity index (χ2v) is 11.6. The van der Waals surface area contributed by atoms with Crippen molar-refractivity contribution in [1.82, 2.24) is 9.62 Å². The molecule has 2 aromatic rings. The van der Waals surface area contributed by atoms with Crippen LogP contribution in [0.25, 0.3) is 5.57 Å². The van der Waals surface area contributed by atoms with Gasteiger partial charge in [0.2, 0.25) is 10.0 Å². The van der Waals surface area contributed by atoms with Crippen molar-refractivity contribution in [3.8, 4) is 0 Å². The van der Waals surface area contributed by atoms with E-state index in [0.717, 1.165) is 48.3 Å². The van der Waals surface area contributed by atoms with Gasteiger partial charge in [-0.2, -0.15) is 4.31 Å². The van der Waals surface area contributed by atoms with Gasteiger partial charge in [0.05, 0.1) is 16.8 Å². The van der Waals surface area contributed by atoms with Gasteiger partial charge in [-0.3, -0.25) is 4.79 Å². The molecule has 0 unspecified atom stereocenters. The van der Waals surface area contributed by atoms with E-state index in [1.165, 1.54) is 10.6 Å². The molecule has 0 aliphatic carbocycles. The number of nitrogens with zero attached hydrogens (tertiary/aromatic N) is 2. The number of carbonyl (C=O) groups is 2. The number of halogens is 1. The molecule has 0 bridgehead atoms. The van der Waals surface area contributed by atoms with E-state index in [2.05, 4.69) is 10.2 Å². The topological polar surface area (TPSA) is 107 Å². The van der Waals surface area contributed by atoms with Gasteiger partial charge in [0.1, 0.15) is 6.04 Å². The third-order valence-electron chi connectivity index (χ3n) is 6.68. The molecule has 1 atom stereocenters. The van der Waals surface area contributed by atoms with Crippen molar-refractivity contribution in [3.05, 3.63) is 70.3 Å². The summed E-state index contributed by atoms with van der Waals surface area (Å²) in [5, 5.41) is 12.6. The lowest BCUT2D eigenvalue weighted by Crippen LogP contribution is -2.42. The fraction of sp³-hybridized carbons (Fsp3) is 0.385. The van der Waals surface area contributed by atoms with Crippen LogP contribution in [0.1, 0.15) is 40.7 Å². The van der Waals surface area contributed by atoms with E-state index in [1.54, 1.807) is 12.1 Å². The number of sulfonamides is 1. The summed E-state index contributed by atoms with van der Waals surface area (Å²) in [6, 6.07) is 11.6. The van der Waals surface area contributed by atoms with Crippen molar-refractivity contribution in [2.75, 3.05) is 37.3 Å². The Morgan fingerprint density at radius 3 is 2.33 bits per heavy atom. The minimum atomic E-state index is -3.21. The highest BCUT2D eigenvalue weighted by molar-refractivity contribution is 7.88. The minimum Gasteiger partial charge on any atom is -0.480 e. The number of benzene rings is 2. The number of hydrogen-bond donors (Lipinski definition) is 2. The molecule has 1 fully saturated rings. The molecular weight excluding hydrogens is 502 g/mol. The molecule has 2 aliphatic rings. The molecular formula is C26H30ClN3O5S. The Bertz CT molecular complexity index is 1270. The van der Waals surface area contributed by atoms with E-state index in [0.29, 0.717) is 24.5 Å². The van der Waals surface area contributed by atoms with Crippen LogP contribution in [0.15, 0.2) is 48.5 Å². The summed E-state index contributed by atoms with van der Waals surface area (Å²) in [6.45, 7) is 2.68. The van der Waals surface area contributed by atoms with Crippen molar-refractivity contribution >= 4 is 44.8 Å². The van der Waals surface area contributed by atoms with E-state index in [1.807, 2.05) is 36.4 Å². The molecule has 2 heterocycles. The zero-order valence-corrected chi connectivity index (χ0v) is 21.7. The highest BCUT2D eigenvalue weighted by Gasteiger charge is 2.24. The Labute approximate surface area is 216 Å². The summed E-state index contributed by atoms with van der Waals surface area (Å²) < 4.78 is 24.8. The van der Waals surface area contributed by atoms with Crippen LogP contribution in [0.3, 0.4) is 0 Å². The van der Waals surface area contributed by atoms with Crippen LogP contribution in [0.2, 0.25) is 5.02 Å². The average Bonchev–Trinajstić information content (AvgIpc) is 3.38. The van der Waals surface area contributed by atoms with Crippen molar-refractivity contribution in [2.24, 2.45) is 0 Å². The number of nitrogens with one attached hydrogen (secondary N) is 1. The summed E-state index contributed by atoms with van der Waals surface area (Å²) >= 11 is 6.37. The highest BCUT2D eigenvalue weighted by atomic mass is 35.5. The first-order chi connectivity index (χ1) is 17.1. The molecule has 192 valence electrons. The normalized spacial score (nSPS) is 17.5. The maximum atomic E-state index is 12.8. The standard InChI is InChI=1S/C26H30ClN3O5S/c1-36(34,35)30-14-10-20(11-15-30)19-6-4-18(5-7-19)16-24(26(32)33)28-25(31)22-9-8-21(17-23(22)27)29-12-2-3-13-29/h4-10,17,24H,2-3,11-16H2,1H3,(H,28,31)(H,32,33)/t24-/m0/s1. The van der Waals surface area contributed by atoms with Gasteiger partial charge in [-0.1, -0.05) is 41.9 Å². The Hall–Kier alpha value is -2.88. The quantitative estimate of drug-likeness (QED) is 0.540. The van der Waals surface area contributed by atoms with Crippen LogP contribution >= 0.6 is 11.6 Å². The van der Waals surface area contributed by atoms with Gasteiger partial charge in [0.25, 0.3) is 5.91 Å². The number of carboxylic acids is 1. The third kappa shape index (κ3) is 6.27. The maximum absolute atomic E-state index is 12.8. The average molecular weight is 532 g/mol. The number of carbonyl (C=O) groups excluding carboxylic acids is 1. The first-order valence-corrected chi connectivity index (χ1v) is 14.2. The molecule has 2 aromatic carbocycles. The fourth-order valence-corrected chi connectivity index (χ4v) is 5.63. The number of rotatable bonds is 8. The van der Waals surface area contributed by atoms with E-state index in [-0.39, 0.29) is 12.0 Å². The summed E-state index contributed by atoms with van der Waals surface area (Å²) in [5.74, 6) is -1.66. The second kappa shape index (κ2) is 11.0. The van der Waals surface area contributed by atoms with Crippen molar-refractivity contribution in [3.63, 3.8) is 0 Å². The lowest BCUT2D eigenvalue weighted by atomic mass is 9.97. The molecule has 0 radical (unpaired) electrons. The highest BCUT2D eigenvalue weighted by Crippen LogP contribution is 2.27. The minimum absolute atomic E-state index is 0.117. The fourth-order valence-electron chi connectivity index (χ4n) is 4.60. The number of hydrogen-bond acceptors (Lipinski definition) is 5. The summed E-state index contributed by atoms with van der Waals surface area (Å²) in [6.07, 6.45) is 6.08. The Morgan fingerprint density at radius 2 is 1.78 bits per heavy atom. The van der Waals surface area contributed by atoms with E-state index >= 15 is 0 Å². The Morgan fingerprint density at radius 1 is 1.08 bits per heavy atom. The van der Waals surface area contributed by atoms with Gasteiger partial charge in [-0.25, -0.2) is 13.2 Å². The molecule has 0 aromatic heterocycles. The van der Waals surface area contributed by atoms with E-state index in [9.17, 15) is 23.1 Å². The van der Waals surface area contributed by atoms with Gasteiger partial charge in [0, 0.05) is 38.3 Å². The monoisotopic (exact) mass is 531 g/mol. The molecule has 0 saturated carbocycles. The summed E-state index contributed by atoms with van der Waals surface area (Å²) in [7, 11) is -3.21. The Balaban J connectivity index is 1.40. The van der Waals surface area contributed by atoms with Crippen LogP contribution in [-0.2, 0) is 21.2 Å². The SMILES string of the molecule is CS(=O)(=O)N1CC=C(c2ccc(C[C@H](NC(=O)c3ccc(N4CCCC4)cc3Cl)C(=O)O)cc2)CC1. The maximum Gasteiger partial charge on any atom is 0.326 e. The second-order valence-electron chi connectivity index (χ2n) is 9.22. The first-order valence-electron chi connectivity index (χ1n) is 11.9. The molecule has 1 saturated heterocycles. The molecule has 1 amide bonds. The largest absolute Gasteiger partial charge is 0.480 e. The van der Waals surface area contributed by atoms with Gasteiger partial charge in [-0.05, 0) is 54.2 Å². The van der Waals surface area contributed by atoms with Crippen LogP contribution in [0.5, 0.6) is 0 Å². The molecule has 2 N–H and O–H groups in total. The molecule has 4 rings (SSSR count). The van der Waals surface area contributed by atoms with Crippen molar-refractivity contribution < 1.29 is 23.1 Å². The zero-order chi connectivity index (χ0) is 25.9. The number of amides is 1. The Kier molecular flexibility index (Phi) is 8.02.